The molecule has 16 heavy (non-hydrogen) atoms. The third kappa shape index (κ3) is 2.09. The van der Waals surface area contributed by atoms with Crippen LogP contribution >= 0.6 is 0 Å². The molecule has 0 spiro atoms. The third-order valence-electron chi connectivity index (χ3n) is 2.35. The highest BCUT2D eigenvalue weighted by atomic mass is 19.1. The van der Waals surface area contributed by atoms with Crippen molar-refractivity contribution in [3.8, 4) is 5.69 Å². The predicted octanol–water partition coefficient (Wildman–Crippen LogP) is 1.22. The average molecular weight is 220 g/mol. The average Bonchev–Trinajstić information content (AvgIpc) is 2.67. The summed E-state index contributed by atoms with van der Waals surface area (Å²) in [5.41, 5.74) is 7.92. The SMILES string of the molecule is Cc1cc(F)ccc1-n1cc(CCN)nn1. The van der Waals surface area contributed by atoms with Crippen LogP contribution in [0, 0.1) is 12.7 Å². The van der Waals surface area contributed by atoms with E-state index in [2.05, 4.69) is 10.3 Å². The van der Waals surface area contributed by atoms with Crippen molar-refractivity contribution >= 4 is 0 Å². The van der Waals surface area contributed by atoms with Crippen LogP contribution in [0.2, 0.25) is 0 Å². The molecule has 2 rings (SSSR count). The number of aromatic nitrogens is 3. The Morgan fingerprint density at radius 1 is 1.44 bits per heavy atom. The minimum Gasteiger partial charge on any atom is -0.330 e. The number of aryl methyl sites for hydroxylation is 1. The first-order chi connectivity index (χ1) is 7.70. The second-order valence-corrected chi connectivity index (χ2v) is 3.62. The molecule has 0 aliphatic rings. The lowest BCUT2D eigenvalue weighted by atomic mass is 10.2. The Bertz CT molecular complexity index is 492. The van der Waals surface area contributed by atoms with E-state index in [1.165, 1.54) is 12.1 Å². The van der Waals surface area contributed by atoms with Crippen LogP contribution in [0.15, 0.2) is 24.4 Å². The lowest BCUT2D eigenvalue weighted by Gasteiger charge is -2.03. The zero-order valence-corrected chi connectivity index (χ0v) is 9.02. The number of nitrogens with zero attached hydrogens (tertiary/aromatic N) is 3. The number of nitrogens with two attached hydrogens (primary N) is 1. The molecule has 0 amide bonds. The number of hydrogen-bond donors (Lipinski definition) is 1. The van der Waals surface area contributed by atoms with Crippen molar-refractivity contribution in [1.82, 2.24) is 15.0 Å². The summed E-state index contributed by atoms with van der Waals surface area (Å²) in [6.45, 7) is 2.38. The number of hydrogen-bond acceptors (Lipinski definition) is 3. The maximum absolute atomic E-state index is 12.9. The highest BCUT2D eigenvalue weighted by Gasteiger charge is 2.05. The second-order valence-electron chi connectivity index (χ2n) is 3.62. The molecule has 0 aliphatic heterocycles. The predicted molar refractivity (Wildman–Crippen MR) is 58.8 cm³/mol. The first kappa shape index (κ1) is 10.8. The molecule has 2 N–H and O–H groups in total. The molecular formula is C11H13FN4. The molecular weight excluding hydrogens is 207 g/mol. The van der Waals surface area contributed by atoms with Gasteiger partial charge in [-0.2, -0.15) is 0 Å². The third-order valence-corrected chi connectivity index (χ3v) is 2.35. The van der Waals surface area contributed by atoms with Crippen LogP contribution in [0.1, 0.15) is 11.3 Å². The van der Waals surface area contributed by atoms with E-state index < -0.39 is 0 Å². The summed E-state index contributed by atoms with van der Waals surface area (Å²) in [5, 5.41) is 7.97. The zero-order valence-electron chi connectivity index (χ0n) is 9.02. The molecule has 0 bridgehead atoms. The van der Waals surface area contributed by atoms with E-state index in [0.29, 0.717) is 13.0 Å². The van der Waals surface area contributed by atoms with Gasteiger partial charge < -0.3 is 5.73 Å². The molecule has 2 aromatic rings. The van der Waals surface area contributed by atoms with Gasteiger partial charge in [0.05, 0.1) is 17.6 Å². The fourth-order valence-corrected chi connectivity index (χ4v) is 1.55. The van der Waals surface area contributed by atoms with Gasteiger partial charge in [0.15, 0.2) is 0 Å². The van der Waals surface area contributed by atoms with Gasteiger partial charge in [-0.05, 0) is 37.2 Å². The molecule has 0 saturated heterocycles. The van der Waals surface area contributed by atoms with Crippen molar-refractivity contribution in [2.75, 3.05) is 6.54 Å². The van der Waals surface area contributed by atoms with Crippen molar-refractivity contribution in [3.05, 3.63) is 41.5 Å². The van der Waals surface area contributed by atoms with Gasteiger partial charge in [-0.1, -0.05) is 5.21 Å². The fraction of sp³-hybridized carbons (Fsp3) is 0.273. The largest absolute Gasteiger partial charge is 0.330 e. The van der Waals surface area contributed by atoms with Crippen molar-refractivity contribution in [2.24, 2.45) is 5.73 Å². The topological polar surface area (TPSA) is 56.7 Å². The summed E-state index contributed by atoms with van der Waals surface area (Å²) in [6.07, 6.45) is 2.51. The lowest BCUT2D eigenvalue weighted by Crippen LogP contribution is -2.02. The van der Waals surface area contributed by atoms with E-state index in [9.17, 15) is 4.39 Å². The minimum absolute atomic E-state index is 0.247. The molecule has 5 heteroatoms. The molecule has 0 saturated carbocycles. The molecule has 0 aliphatic carbocycles. The number of rotatable bonds is 3. The van der Waals surface area contributed by atoms with Crippen LogP contribution in [-0.2, 0) is 6.42 Å². The first-order valence-electron chi connectivity index (χ1n) is 5.08. The Hall–Kier alpha value is -1.75. The van der Waals surface area contributed by atoms with Crippen molar-refractivity contribution in [1.29, 1.82) is 0 Å². The standard InChI is InChI=1S/C11H13FN4/c1-8-6-9(12)2-3-11(8)16-7-10(4-5-13)14-15-16/h2-3,6-7H,4-5,13H2,1H3. The van der Waals surface area contributed by atoms with Crippen LogP contribution < -0.4 is 5.73 Å². The van der Waals surface area contributed by atoms with E-state index in [4.69, 9.17) is 5.73 Å². The Labute approximate surface area is 92.9 Å². The van der Waals surface area contributed by atoms with Crippen LogP contribution in [0.5, 0.6) is 0 Å². The van der Waals surface area contributed by atoms with Gasteiger partial charge in [-0.3, -0.25) is 0 Å². The van der Waals surface area contributed by atoms with Crippen molar-refractivity contribution in [3.63, 3.8) is 0 Å². The molecule has 1 heterocycles. The molecule has 1 aromatic heterocycles. The molecule has 0 fully saturated rings. The van der Waals surface area contributed by atoms with Gasteiger partial charge in [0.1, 0.15) is 5.82 Å². The lowest BCUT2D eigenvalue weighted by molar-refractivity contribution is 0.625. The maximum Gasteiger partial charge on any atom is 0.123 e. The summed E-state index contributed by atoms with van der Waals surface area (Å²) in [5.74, 6) is -0.247. The van der Waals surface area contributed by atoms with E-state index in [1.807, 2.05) is 13.1 Å². The fourth-order valence-electron chi connectivity index (χ4n) is 1.55. The second kappa shape index (κ2) is 4.40. The molecule has 1 aromatic carbocycles. The first-order valence-corrected chi connectivity index (χ1v) is 5.08. The molecule has 84 valence electrons. The zero-order chi connectivity index (χ0) is 11.5. The summed E-state index contributed by atoms with van der Waals surface area (Å²) < 4.78 is 14.6. The molecule has 0 atom stereocenters. The van der Waals surface area contributed by atoms with E-state index >= 15 is 0 Å². The normalized spacial score (nSPS) is 10.7. The van der Waals surface area contributed by atoms with Gasteiger partial charge in [-0.25, -0.2) is 9.07 Å². The van der Waals surface area contributed by atoms with Crippen LogP contribution in [0.4, 0.5) is 4.39 Å². The summed E-state index contributed by atoms with van der Waals surface area (Å²) in [4.78, 5) is 0. The summed E-state index contributed by atoms with van der Waals surface area (Å²) in [7, 11) is 0. The highest BCUT2D eigenvalue weighted by Crippen LogP contribution is 2.14. The van der Waals surface area contributed by atoms with Crippen molar-refractivity contribution < 1.29 is 4.39 Å². The molecule has 0 unspecified atom stereocenters. The smallest absolute Gasteiger partial charge is 0.123 e. The number of halogens is 1. The van der Waals surface area contributed by atoms with Crippen molar-refractivity contribution in [2.45, 2.75) is 13.3 Å². The highest BCUT2D eigenvalue weighted by molar-refractivity contribution is 5.39. The minimum atomic E-state index is -0.247. The molecule has 0 radical (unpaired) electrons. The van der Waals surface area contributed by atoms with Gasteiger partial charge in [0.2, 0.25) is 0 Å². The summed E-state index contributed by atoms with van der Waals surface area (Å²) >= 11 is 0. The maximum atomic E-state index is 12.9. The van der Waals surface area contributed by atoms with E-state index in [-0.39, 0.29) is 5.82 Å². The van der Waals surface area contributed by atoms with Crippen LogP contribution in [-0.4, -0.2) is 21.5 Å². The summed E-state index contributed by atoms with van der Waals surface area (Å²) in [6, 6.07) is 4.57. The van der Waals surface area contributed by atoms with Gasteiger partial charge in [-0.15, -0.1) is 5.10 Å². The van der Waals surface area contributed by atoms with E-state index in [0.717, 1.165) is 16.9 Å². The van der Waals surface area contributed by atoms with Crippen LogP contribution in [0.25, 0.3) is 5.69 Å². The van der Waals surface area contributed by atoms with E-state index in [1.54, 1.807) is 10.7 Å². The quantitative estimate of drug-likeness (QED) is 0.846. The van der Waals surface area contributed by atoms with Gasteiger partial charge in [0.25, 0.3) is 0 Å². The Morgan fingerprint density at radius 2 is 2.25 bits per heavy atom. The Balaban J connectivity index is 2.35. The van der Waals surface area contributed by atoms with Gasteiger partial charge >= 0.3 is 0 Å². The van der Waals surface area contributed by atoms with Gasteiger partial charge in [0, 0.05) is 6.42 Å². The Kier molecular flexibility index (Phi) is 2.96. The number of benzene rings is 1. The monoisotopic (exact) mass is 220 g/mol. The van der Waals surface area contributed by atoms with Crippen LogP contribution in [0.3, 0.4) is 0 Å². The Morgan fingerprint density at radius 3 is 2.94 bits per heavy atom. The molecule has 4 nitrogen and oxygen atoms in total.